The molecule has 2 atom stereocenters. The largest absolute Gasteiger partial charge is 0.493 e. The number of carboxylic acids is 1. The van der Waals surface area contributed by atoms with Crippen LogP contribution in [0.15, 0.2) is 36.4 Å². The molecule has 27 heavy (non-hydrogen) atoms. The normalized spacial score (nSPS) is 18.9. The smallest absolute Gasteiger partial charge is 0.306 e. The Bertz CT molecular complexity index is 888. The van der Waals surface area contributed by atoms with E-state index in [0.29, 0.717) is 33.3 Å². The number of fused-ring (bicyclic) bond motifs is 1. The Morgan fingerprint density at radius 1 is 1.26 bits per heavy atom. The first-order chi connectivity index (χ1) is 13.0. The maximum atomic E-state index is 11.3. The van der Waals surface area contributed by atoms with Crippen molar-refractivity contribution in [2.45, 2.75) is 18.6 Å². The van der Waals surface area contributed by atoms with Crippen molar-refractivity contribution in [1.29, 1.82) is 0 Å². The van der Waals surface area contributed by atoms with Crippen LogP contribution in [0.4, 0.5) is 5.69 Å². The zero-order valence-electron chi connectivity index (χ0n) is 14.7. The topological polar surface area (TPSA) is 77.0 Å². The summed E-state index contributed by atoms with van der Waals surface area (Å²) >= 11 is 11.8. The first-order valence-corrected chi connectivity index (χ1v) is 8.92. The molecule has 0 aliphatic carbocycles. The molecule has 1 aliphatic heterocycles. The number of hydrogen-bond acceptors (Lipinski definition) is 5. The van der Waals surface area contributed by atoms with Gasteiger partial charge in [-0.3, -0.25) is 4.79 Å². The average Bonchev–Trinajstić information content (AvgIpc) is 2.78. The van der Waals surface area contributed by atoms with Crippen molar-refractivity contribution in [3.05, 3.63) is 52.5 Å². The van der Waals surface area contributed by atoms with E-state index < -0.39 is 18.2 Å². The number of halogens is 1. The van der Waals surface area contributed by atoms with Gasteiger partial charge in [0.05, 0.1) is 20.6 Å². The van der Waals surface area contributed by atoms with Crippen molar-refractivity contribution in [3.63, 3.8) is 0 Å². The van der Waals surface area contributed by atoms with Crippen LogP contribution in [0.5, 0.6) is 11.5 Å². The van der Waals surface area contributed by atoms with Crippen molar-refractivity contribution >= 4 is 40.5 Å². The molecule has 2 aromatic carbocycles. The van der Waals surface area contributed by atoms with Crippen molar-refractivity contribution in [2.75, 3.05) is 19.5 Å². The Morgan fingerprint density at radius 3 is 2.67 bits per heavy atom. The van der Waals surface area contributed by atoms with Gasteiger partial charge in [0, 0.05) is 21.8 Å². The molecule has 6 nitrogen and oxygen atoms in total. The van der Waals surface area contributed by atoms with Gasteiger partial charge >= 0.3 is 5.97 Å². The molecule has 0 fully saturated rings. The third-order valence-electron chi connectivity index (χ3n) is 4.24. The Labute approximate surface area is 167 Å². The summed E-state index contributed by atoms with van der Waals surface area (Å²) in [7, 11) is 3.07. The number of benzene rings is 2. The highest BCUT2D eigenvalue weighted by Gasteiger charge is 2.34. The van der Waals surface area contributed by atoms with Crippen LogP contribution in [0, 0.1) is 0 Å². The number of thiocarbonyl (C=S) groups is 1. The number of para-hydroxylation sites is 1. The highest BCUT2D eigenvalue weighted by Crippen LogP contribution is 2.45. The zero-order valence-corrected chi connectivity index (χ0v) is 16.3. The van der Waals surface area contributed by atoms with Gasteiger partial charge in [-0.15, -0.1) is 0 Å². The lowest BCUT2D eigenvalue weighted by Gasteiger charge is -2.24. The molecule has 3 rings (SSSR count). The molecular formula is C19H18ClNO5S. The second-order valence-corrected chi connectivity index (χ2v) is 6.72. The fraction of sp³-hybridized carbons (Fsp3) is 0.263. The first kappa shape index (κ1) is 19.4. The molecule has 0 radical (unpaired) electrons. The molecule has 0 spiro atoms. The summed E-state index contributed by atoms with van der Waals surface area (Å²) in [6, 6.07) is 10.7. The van der Waals surface area contributed by atoms with Gasteiger partial charge in [-0.1, -0.05) is 42.0 Å². The Hall–Kier alpha value is -2.35. The van der Waals surface area contributed by atoms with Crippen molar-refractivity contribution in [2.24, 2.45) is 0 Å². The number of carboxylic acid groups (broad SMARTS) is 1. The molecule has 0 unspecified atom stereocenters. The molecule has 2 N–H and O–H groups in total. The molecule has 1 heterocycles. The molecule has 0 aromatic heterocycles. The van der Waals surface area contributed by atoms with Gasteiger partial charge in [0.25, 0.3) is 0 Å². The van der Waals surface area contributed by atoms with E-state index in [1.165, 1.54) is 7.11 Å². The third kappa shape index (κ3) is 3.85. The maximum Gasteiger partial charge on any atom is 0.306 e. The summed E-state index contributed by atoms with van der Waals surface area (Å²) in [6.07, 6.45) is -1.81. The van der Waals surface area contributed by atoms with Gasteiger partial charge in [-0.25, -0.2) is 0 Å². The van der Waals surface area contributed by atoms with Gasteiger partial charge in [-0.05, 0) is 18.2 Å². The second-order valence-electron chi connectivity index (χ2n) is 5.88. The number of hydrogen-bond donors (Lipinski definition) is 2. The molecule has 0 bridgehead atoms. The summed E-state index contributed by atoms with van der Waals surface area (Å²) < 4.78 is 17.1. The lowest BCUT2D eigenvalue weighted by Crippen LogP contribution is -2.30. The molecule has 0 saturated heterocycles. The standard InChI is InChI=1S/C19H18ClNO5S/c1-24-13-8-3-5-10(17(13)25-2)18-16-11(20)6-4-7-12(16)21-19(27)14(26-18)9-15(22)23/h3-8,14,18H,9H2,1-2H3,(H,21,27)(H,22,23)/t14-,18-/m0/s1. The van der Waals surface area contributed by atoms with Crippen molar-refractivity contribution < 1.29 is 24.1 Å². The average molecular weight is 408 g/mol. The number of carbonyl (C=O) groups is 1. The van der Waals surface area contributed by atoms with Gasteiger partial charge in [0.1, 0.15) is 17.2 Å². The Balaban J connectivity index is 2.20. The van der Waals surface area contributed by atoms with Crippen molar-refractivity contribution in [3.8, 4) is 11.5 Å². The van der Waals surface area contributed by atoms with Crippen LogP contribution in [0.3, 0.4) is 0 Å². The van der Waals surface area contributed by atoms with E-state index in [1.54, 1.807) is 31.4 Å². The minimum Gasteiger partial charge on any atom is -0.493 e. The van der Waals surface area contributed by atoms with E-state index in [-0.39, 0.29) is 11.4 Å². The number of aliphatic carboxylic acids is 1. The van der Waals surface area contributed by atoms with Gasteiger partial charge < -0.3 is 24.6 Å². The van der Waals surface area contributed by atoms with E-state index >= 15 is 0 Å². The molecule has 1 aliphatic rings. The SMILES string of the molecule is COc1cccc([C@@H]2O[C@@H](CC(=O)O)C(=S)Nc3cccc(Cl)c32)c1OC. The monoisotopic (exact) mass is 407 g/mol. The van der Waals surface area contributed by atoms with E-state index in [4.69, 9.17) is 38.0 Å². The van der Waals surface area contributed by atoms with Crippen LogP contribution in [0.1, 0.15) is 23.7 Å². The number of methoxy groups -OCH3 is 2. The Morgan fingerprint density at radius 2 is 2.00 bits per heavy atom. The Kier molecular flexibility index (Phi) is 5.84. The van der Waals surface area contributed by atoms with Gasteiger partial charge in [0.15, 0.2) is 11.5 Å². The molecule has 8 heteroatoms. The summed E-state index contributed by atoms with van der Waals surface area (Å²) in [5.41, 5.74) is 1.98. The number of ether oxygens (including phenoxy) is 3. The van der Waals surface area contributed by atoms with Crippen LogP contribution >= 0.6 is 23.8 Å². The summed E-state index contributed by atoms with van der Waals surface area (Å²) in [4.78, 5) is 11.6. The molecular weight excluding hydrogens is 390 g/mol. The van der Waals surface area contributed by atoms with Crippen LogP contribution in [-0.2, 0) is 9.53 Å². The van der Waals surface area contributed by atoms with E-state index in [2.05, 4.69) is 5.32 Å². The number of rotatable bonds is 5. The highest BCUT2D eigenvalue weighted by atomic mass is 35.5. The van der Waals surface area contributed by atoms with E-state index in [0.717, 1.165) is 0 Å². The summed E-state index contributed by atoms with van der Waals surface area (Å²) in [5.74, 6) is -0.00269. The van der Waals surface area contributed by atoms with E-state index in [9.17, 15) is 9.90 Å². The zero-order chi connectivity index (χ0) is 19.6. The maximum absolute atomic E-state index is 11.3. The molecule has 0 amide bonds. The fourth-order valence-electron chi connectivity index (χ4n) is 3.07. The minimum atomic E-state index is -1.02. The van der Waals surface area contributed by atoms with Gasteiger partial charge in [0.2, 0.25) is 0 Å². The summed E-state index contributed by atoms with van der Waals surface area (Å²) in [5, 5.41) is 12.8. The fourth-order valence-corrected chi connectivity index (χ4v) is 3.59. The highest BCUT2D eigenvalue weighted by molar-refractivity contribution is 7.80. The lowest BCUT2D eigenvalue weighted by molar-refractivity contribution is -0.139. The van der Waals surface area contributed by atoms with Crippen LogP contribution in [0.25, 0.3) is 0 Å². The van der Waals surface area contributed by atoms with Crippen LogP contribution < -0.4 is 14.8 Å². The quantitative estimate of drug-likeness (QED) is 0.723. The van der Waals surface area contributed by atoms with Crippen LogP contribution in [0.2, 0.25) is 5.02 Å². The molecule has 142 valence electrons. The number of anilines is 1. The predicted molar refractivity (Wildman–Crippen MR) is 106 cm³/mol. The molecule has 2 aromatic rings. The lowest BCUT2D eigenvalue weighted by atomic mass is 9.98. The third-order valence-corrected chi connectivity index (χ3v) is 4.94. The molecule has 0 saturated carbocycles. The van der Waals surface area contributed by atoms with E-state index in [1.807, 2.05) is 12.1 Å². The van der Waals surface area contributed by atoms with Crippen molar-refractivity contribution in [1.82, 2.24) is 0 Å². The minimum absolute atomic E-state index is 0.278. The van der Waals surface area contributed by atoms with Gasteiger partial charge in [-0.2, -0.15) is 0 Å². The number of nitrogens with one attached hydrogen (secondary N) is 1. The second kappa shape index (κ2) is 8.12. The first-order valence-electron chi connectivity index (χ1n) is 8.13. The summed E-state index contributed by atoms with van der Waals surface area (Å²) in [6.45, 7) is 0. The van der Waals surface area contributed by atoms with Crippen LogP contribution in [-0.4, -0.2) is 36.4 Å². The predicted octanol–water partition coefficient (Wildman–Crippen LogP) is 4.06.